The number of pyridine rings is 2. The fraction of sp³-hybridized carbons (Fsp3) is 0.333. The van der Waals surface area contributed by atoms with Gasteiger partial charge in [-0.2, -0.15) is 0 Å². The van der Waals surface area contributed by atoms with Crippen LogP contribution >= 0.6 is 0 Å². The summed E-state index contributed by atoms with van der Waals surface area (Å²) in [5.74, 6) is -3.27. The van der Waals surface area contributed by atoms with Crippen molar-refractivity contribution in [2.45, 2.75) is 38.8 Å². The van der Waals surface area contributed by atoms with Crippen LogP contribution in [0.4, 0.5) is 25.8 Å². The van der Waals surface area contributed by atoms with Crippen molar-refractivity contribution in [2.75, 3.05) is 36.1 Å². The molecular formula is C27H31F2N7O2. The van der Waals surface area contributed by atoms with Crippen LogP contribution in [0.15, 0.2) is 42.7 Å². The predicted octanol–water partition coefficient (Wildman–Crippen LogP) is 3.66. The average molecular weight is 524 g/mol. The number of aromatic nitrogens is 2. The summed E-state index contributed by atoms with van der Waals surface area (Å²) in [5, 5.41) is 2.77. The Morgan fingerprint density at radius 1 is 1.18 bits per heavy atom. The molecule has 0 bridgehead atoms. The number of benzene rings is 1. The van der Waals surface area contributed by atoms with Crippen LogP contribution in [0.2, 0.25) is 0 Å². The lowest BCUT2D eigenvalue weighted by molar-refractivity contribution is 0.0750. The molecule has 38 heavy (non-hydrogen) atoms. The molecule has 1 saturated heterocycles. The number of anilines is 3. The van der Waals surface area contributed by atoms with Crippen LogP contribution in [-0.2, 0) is 0 Å². The van der Waals surface area contributed by atoms with Crippen LogP contribution in [0.3, 0.4) is 0 Å². The van der Waals surface area contributed by atoms with E-state index < -0.39 is 29.0 Å². The van der Waals surface area contributed by atoms with Gasteiger partial charge in [-0.05, 0) is 57.0 Å². The monoisotopic (exact) mass is 523 g/mol. The molecule has 0 radical (unpaired) electrons. The van der Waals surface area contributed by atoms with E-state index in [9.17, 15) is 14.0 Å². The van der Waals surface area contributed by atoms with Crippen molar-refractivity contribution in [3.63, 3.8) is 0 Å². The molecule has 0 spiro atoms. The summed E-state index contributed by atoms with van der Waals surface area (Å²) < 4.78 is 30.3. The Morgan fingerprint density at radius 3 is 2.66 bits per heavy atom. The van der Waals surface area contributed by atoms with Crippen LogP contribution < -0.4 is 21.7 Å². The Bertz CT molecular complexity index is 1370. The number of hydrogen-bond acceptors (Lipinski definition) is 7. The van der Waals surface area contributed by atoms with Crippen molar-refractivity contribution in [1.29, 1.82) is 0 Å². The average Bonchev–Trinajstić information content (AvgIpc) is 2.89. The first-order valence-electron chi connectivity index (χ1n) is 12.4. The molecule has 1 aromatic carbocycles. The van der Waals surface area contributed by atoms with E-state index in [0.29, 0.717) is 12.2 Å². The molecule has 200 valence electrons. The number of nitrogens with one attached hydrogen (secondary N) is 1. The number of carbonyl (C=O) groups is 2. The van der Waals surface area contributed by atoms with Gasteiger partial charge in [0.2, 0.25) is 0 Å². The standard InChI is InChI=1S/C27H31F2N7O2/c1-15(2)35(3)27(38)17-6-7-18(28)23(24(17)29)20-9-8-19(31)25(33-20)26(37)34-21-13-32-11-10-22(21)36-12-4-5-16(30)14-36/h6-11,13,15-16H,4-5,12,14,30-31H2,1-3H3,(H,34,37)/t16-/m0/s1. The molecule has 0 aliphatic carbocycles. The van der Waals surface area contributed by atoms with E-state index in [4.69, 9.17) is 11.5 Å². The van der Waals surface area contributed by atoms with Gasteiger partial charge in [0.15, 0.2) is 5.69 Å². The minimum Gasteiger partial charge on any atom is -0.397 e. The Kier molecular flexibility index (Phi) is 7.86. The van der Waals surface area contributed by atoms with Gasteiger partial charge in [-0.15, -0.1) is 0 Å². The highest BCUT2D eigenvalue weighted by atomic mass is 19.1. The normalized spacial score (nSPS) is 15.4. The van der Waals surface area contributed by atoms with Crippen molar-refractivity contribution >= 4 is 28.9 Å². The minimum absolute atomic E-state index is 0.0159. The predicted molar refractivity (Wildman–Crippen MR) is 143 cm³/mol. The number of nitrogens with zero attached hydrogens (tertiary/aromatic N) is 4. The largest absolute Gasteiger partial charge is 0.397 e. The van der Waals surface area contributed by atoms with E-state index in [1.54, 1.807) is 26.1 Å². The van der Waals surface area contributed by atoms with Gasteiger partial charge in [-0.1, -0.05) is 0 Å². The molecule has 5 N–H and O–H groups in total. The third kappa shape index (κ3) is 5.42. The smallest absolute Gasteiger partial charge is 0.276 e. The van der Waals surface area contributed by atoms with E-state index in [-0.39, 0.29) is 34.7 Å². The van der Waals surface area contributed by atoms with Crippen molar-refractivity contribution in [3.05, 3.63) is 65.6 Å². The minimum atomic E-state index is -1.07. The molecule has 3 heterocycles. The third-order valence-electron chi connectivity index (χ3n) is 6.66. The van der Waals surface area contributed by atoms with Gasteiger partial charge >= 0.3 is 0 Å². The zero-order valence-corrected chi connectivity index (χ0v) is 21.5. The second kappa shape index (κ2) is 11.1. The molecule has 4 rings (SSSR count). The fourth-order valence-electron chi connectivity index (χ4n) is 4.34. The van der Waals surface area contributed by atoms with Gasteiger partial charge in [0, 0.05) is 38.4 Å². The molecule has 1 aliphatic heterocycles. The number of nitrogen functional groups attached to an aromatic ring is 1. The highest BCUT2D eigenvalue weighted by Gasteiger charge is 2.26. The molecule has 2 amide bonds. The van der Waals surface area contributed by atoms with Crippen LogP contribution in [0, 0.1) is 11.6 Å². The summed E-state index contributed by atoms with van der Waals surface area (Å²) >= 11 is 0. The molecule has 0 unspecified atom stereocenters. The van der Waals surface area contributed by atoms with Crippen molar-refractivity contribution in [3.8, 4) is 11.3 Å². The maximum absolute atomic E-state index is 15.5. The van der Waals surface area contributed by atoms with E-state index in [0.717, 1.165) is 37.2 Å². The Labute approximate surface area is 219 Å². The summed E-state index contributed by atoms with van der Waals surface area (Å²) in [4.78, 5) is 37.7. The van der Waals surface area contributed by atoms with Gasteiger partial charge in [0.05, 0.1) is 40.1 Å². The lowest BCUT2D eigenvalue weighted by Crippen LogP contribution is -2.43. The topological polar surface area (TPSA) is 130 Å². The number of amides is 2. The van der Waals surface area contributed by atoms with Gasteiger partial charge in [-0.25, -0.2) is 13.8 Å². The molecule has 2 aromatic heterocycles. The van der Waals surface area contributed by atoms with Crippen molar-refractivity contribution in [1.82, 2.24) is 14.9 Å². The van der Waals surface area contributed by atoms with Gasteiger partial charge in [-0.3, -0.25) is 14.6 Å². The first-order chi connectivity index (χ1) is 18.1. The lowest BCUT2D eigenvalue weighted by Gasteiger charge is -2.33. The SMILES string of the molecule is CC(C)N(C)C(=O)c1ccc(F)c(-c2ccc(N)c(C(=O)Nc3cnccc3N3CCC[C@H](N)C3)n2)c1F. The molecule has 0 saturated carbocycles. The number of hydrogen-bond donors (Lipinski definition) is 3. The third-order valence-corrected chi connectivity index (χ3v) is 6.66. The first-order valence-corrected chi connectivity index (χ1v) is 12.4. The summed E-state index contributed by atoms with van der Waals surface area (Å²) in [6.07, 6.45) is 4.96. The second-order valence-corrected chi connectivity index (χ2v) is 9.62. The van der Waals surface area contributed by atoms with E-state index >= 15 is 4.39 Å². The summed E-state index contributed by atoms with van der Waals surface area (Å²) in [6.45, 7) is 4.96. The maximum atomic E-state index is 15.5. The summed E-state index contributed by atoms with van der Waals surface area (Å²) in [6, 6.07) is 6.35. The second-order valence-electron chi connectivity index (χ2n) is 9.62. The van der Waals surface area contributed by atoms with Gasteiger partial charge in [0.1, 0.15) is 11.6 Å². The highest BCUT2D eigenvalue weighted by molar-refractivity contribution is 6.08. The Balaban J connectivity index is 1.68. The van der Waals surface area contributed by atoms with E-state index in [1.165, 1.54) is 30.3 Å². The number of nitrogens with two attached hydrogens (primary N) is 2. The number of rotatable bonds is 6. The Hall–Kier alpha value is -4.12. The van der Waals surface area contributed by atoms with Crippen molar-refractivity contribution in [2.24, 2.45) is 5.73 Å². The first kappa shape index (κ1) is 26.9. The van der Waals surface area contributed by atoms with Crippen LogP contribution in [-0.4, -0.2) is 58.9 Å². The highest BCUT2D eigenvalue weighted by Crippen LogP contribution is 2.31. The molecule has 3 aromatic rings. The summed E-state index contributed by atoms with van der Waals surface area (Å²) in [7, 11) is 1.53. The van der Waals surface area contributed by atoms with Crippen LogP contribution in [0.1, 0.15) is 47.5 Å². The van der Waals surface area contributed by atoms with E-state index in [2.05, 4.69) is 20.2 Å². The molecule has 1 aliphatic rings. The van der Waals surface area contributed by atoms with Crippen LogP contribution in [0.25, 0.3) is 11.3 Å². The Morgan fingerprint density at radius 2 is 1.95 bits per heavy atom. The number of piperidine rings is 1. The van der Waals surface area contributed by atoms with Crippen molar-refractivity contribution < 1.29 is 18.4 Å². The van der Waals surface area contributed by atoms with Gasteiger partial charge < -0.3 is 26.6 Å². The zero-order valence-electron chi connectivity index (χ0n) is 21.5. The molecular weight excluding hydrogens is 492 g/mol. The molecule has 11 heteroatoms. The number of halogens is 2. The quantitative estimate of drug-likeness (QED) is 0.449. The fourth-order valence-corrected chi connectivity index (χ4v) is 4.34. The van der Waals surface area contributed by atoms with Gasteiger partial charge in [0.25, 0.3) is 11.8 Å². The lowest BCUT2D eigenvalue weighted by atomic mass is 10.0. The van der Waals surface area contributed by atoms with Crippen LogP contribution in [0.5, 0.6) is 0 Å². The molecule has 1 atom stereocenters. The molecule has 1 fully saturated rings. The summed E-state index contributed by atoms with van der Waals surface area (Å²) in [5.41, 5.74) is 12.1. The number of carbonyl (C=O) groups excluding carboxylic acids is 2. The zero-order chi connectivity index (χ0) is 27.6. The van der Waals surface area contributed by atoms with E-state index in [1.807, 2.05) is 0 Å². The maximum Gasteiger partial charge on any atom is 0.276 e. The molecule has 9 nitrogen and oxygen atoms in total.